The minimum Gasteiger partial charge on any atom is -0.236 e. The number of nitrogens with zero attached hydrogens (tertiary/aromatic N) is 2. The van der Waals surface area contributed by atoms with Gasteiger partial charge < -0.3 is 0 Å². The van der Waals surface area contributed by atoms with Crippen LogP contribution in [0.15, 0.2) is 11.9 Å². The molecular weight excluding hydrogens is 215 g/mol. The van der Waals surface area contributed by atoms with Gasteiger partial charge in [-0.05, 0) is 21.0 Å². The van der Waals surface area contributed by atoms with E-state index in [1.807, 2.05) is 11.9 Å². The molecule has 1 aromatic heterocycles. The third-order valence-corrected chi connectivity index (χ3v) is 3.98. The van der Waals surface area contributed by atoms with Gasteiger partial charge in [-0.25, -0.2) is 9.97 Å². The summed E-state index contributed by atoms with van der Waals surface area (Å²) in [4.78, 5) is 8.92. The summed E-state index contributed by atoms with van der Waals surface area (Å²) in [6, 6.07) is 0. The highest BCUT2D eigenvalue weighted by molar-refractivity contribution is 7.27. The molecular formula is C13H21N2P. The summed E-state index contributed by atoms with van der Waals surface area (Å²) in [5.41, 5.74) is 0. The normalized spacial score (nSPS) is 20.5. The van der Waals surface area contributed by atoms with Gasteiger partial charge in [-0.2, -0.15) is 0 Å². The summed E-state index contributed by atoms with van der Waals surface area (Å²) in [7, 11) is 1.13. The Labute approximate surface area is 100 Å². The molecule has 1 fully saturated rings. The molecule has 0 aliphatic heterocycles. The highest BCUT2D eigenvalue weighted by atomic mass is 31.0. The Balaban J connectivity index is 1.94. The monoisotopic (exact) mass is 236 g/mol. The maximum atomic E-state index is 4.46. The van der Waals surface area contributed by atoms with Gasteiger partial charge in [0, 0.05) is 5.92 Å². The van der Waals surface area contributed by atoms with Gasteiger partial charge in [-0.1, -0.05) is 44.9 Å². The zero-order valence-electron chi connectivity index (χ0n) is 9.94. The zero-order chi connectivity index (χ0) is 11.1. The predicted octanol–water partition coefficient (Wildman–Crippen LogP) is 4.66. The number of rotatable bonds is 1. The number of hydrogen-bond acceptors (Lipinski definition) is 2. The Kier molecular flexibility index (Phi) is 5.21. The molecule has 0 N–H and O–H groups in total. The molecule has 0 spiro atoms. The molecule has 2 nitrogen and oxygen atoms in total. The van der Waals surface area contributed by atoms with Gasteiger partial charge in [0.1, 0.15) is 5.82 Å². The summed E-state index contributed by atoms with van der Waals surface area (Å²) in [5, 5.41) is 0. The van der Waals surface area contributed by atoms with Crippen molar-refractivity contribution < 1.29 is 0 Å². The van der Waals surface area contributed by atoms with Crippen molar-refractivity contribution in [2.75, 3.05) is 0 Å². The third kappa shape index (κ3) is 3.83. The predicted molar refractivity (Wildman–Crippen MR) is 68.8 cm³/mol. The summed E-state index contributed by atoms with van der Waals surface area (Å²) in [5.74, 6) is 5.67. The lowest BCUT2D eigenvalue weighted by Gasteiger charge is -2.16. The van der Waals surface area contributed by atoms with Gasteiger partial charge in [0.25, 0.3) is 0 Å². The van der Waals surface area contributed by atoms with E-state index in [0.717, 1.165) is 14.0 Å². The minimum absolute atomic E-state index is 0.626. The van der Waals surface area contributed by atoms with E-state index in [-0.39, 0.29) is 0 Å². The fourth-order valence-corrected chi connectivity index (χ4v) is 2.96. The van der Waals surface area contributed by atoms with E-state index in [0.29, 0.717) is 5.92 Å². The van der Waals surface area contributed by atoms with Crippen LogP contribution in [0.25, 0.3) is 0 Å². The van der Waals surface area contributed by atoms with E-state index in [2.05, 4.69) is 9.97 Å². The fraction of sp³-hybridized carbons (Fsp3) is 0.769. The summed E-state index contributed by atoms with van der Waals surface area (Å²) < 4.78 is 0. The van der Waals surface area contributed by atoms with Gasteiger partial charge in [-0.15, -0.1) is 0 Å². The molecule has 1 aliphatic carbocycles. The van der Waals surface area contributed by atoms with Crippen molar-refractivity contribution >= 4 is 8.19 Å². The van der Waals surface area contributed by atoms with Crippen LogP contribution < -0.4 is 0 Å². The molecule has 88 valence electrons. The van der Waals surface area contributed by atoms with Gasteiger partial charge in [0.2, 0.25) is 0 Å². The van der Waals surface area contributed by atoms with Crippen LogP contribution in [-0.4, -0.2) is 9.97 Å². The molecule has 1 aromatic rings. The van der Waals surface area contributed by atoms with Gasteiger partial charge >= 0.3 is 0 Å². The lowest BCUT2D eigenvalue weighted by atomic mass is 9.92. The standard InChI is InChI=1S/C13H21N2P/c1-2-4-6-8-12(9-7-5-3-1)13-14-10-16-11-15-13/h10-12H,1-9H2. The van der Waals surface area contributed by atoms with Crippen molar-refractivity contribution in [2.45, 2.75) is 63.7 Å². The lowest BCUT2D eigenvalue weighted by molar-refractivity contribution is 0.451. The molecule has 0 saturated heterocycles. The van der Waals surface area contributed by atoms with E-state index in [1.54, 1.807) is 0 Å². The zero-order valence-corrected chi connectivity index (χ0v) is 10.8. The van der Waals surface area contributed by atoms with Crippen molar-refractivity contribution in [3.8, 4) is 0 Å². The Morgan fingerprint density at radius 1 is 0.812 bits per heavy atom. The first-order chi connectivity index (χ1) is 7.97. The summed E-state index contributed by atoms with van der Waals surface area (Å²) >= 11 is 0. The Hall–Kier alpha value is -0.490. The molecule has 0 atom stereocenters. The molecule has 16 heavy (non-hydrogen) atoms. The molecule has 0 aromatic carbocycles. The van der Waals surface area contributed by atoms with Crippen LogP contribution in [0.1, 0.15) is 69.5 Å². The van der Waals surface area contributed by atoms with Crippen LogP contribution in [0.4, 0.5) is 0 Å². The molecule has 1 heterocycles. The van der Waals surface area contributed by atoms with E-state index in [9.17, 15) is 0 Å². The average Bonchev–Trinajstić information content (AvgIpc) is 2.37. The summed E-state index contributed by atoms with van der Waals surface area (Å²) in [6.45, 7) is 0. The number of aromatic nitrogens is 2. The minimum atomic E-state index is 0.626. The first kappa shape index (κ1) is 12.0. The Bertz CT molecular complexity index is 279. The summed E-state index contributed by atoms with van der Waals surface area (Å²) in [6.07, 6.45) is 12.4. The molecule has 1 saturated carbocycles. The molecule has 0 radical (unpaired) electrons. The van der Waals surface area contributed by atoms with Gasteiger partial charge in [0.15, 0.2) is 0 Å². The maximum absolute atomic E-state index is 4.46. The van der Waals surface area contributed by atoms with Crippen molar-refractivity contribution in [1.29, 1.82) is 0 Å². The smallest absolute Gasteiger partial charge is 0.132 e. The van der Waals surface area contributed by atoms with Crippen molar-refractivity contribution in [3.05, 3.63) is 17.7 Å². The van der Waals surface area contributed by atoms with Crippen molar-refractivity contribution in [1.82, 2.24) is 9.97 Å². The van der Waals surface area contributed by atoms with Crippen LogP contribution in [-0.2, 0) is 0 Å². The van der Waals surface area contributed by atoms with Gasteiger partial charge in [-0.3, -0.25) is 0 Å². The average molecular weight is 236 g/mol. The van der Waals surface area contributed by atoms with Crippen LogP contribution in [0.2, 0.25) is 0 Å². The fourth-order valence-electron chi connectivity index (χ4n) is 2.53. The molecule has 1 aliphatic rings. The van der Waals surface area contributed by atoms with Crippen molar-refractivity contribution in [3.63, 3.8) is 0 Å². The first-order valence-corrected chi connectivity index (χ1v) is 7.62. The molecule has 0 amide bonds. The molecule has 0 bridgehead atoms. The maximum Gasteiger partial charge on any atom is 0.132 e. The molecule has 2 rings (SSSR count). The molecule has 0 unspecified atom stereocenters. The van der Waals surface area contributed by atoms with E-state index in [1.165, 1.54) is 57.8 Å². The van der Waals surface area contributed by atoms with Crippen LogP contribution in [0, 0.1) is 0 Å². The van der Waals surface area contributed by atoms with Crippen LogP contribution >= 0.6 is 8.19 Å². The Morgan fingerprint density at radius 3 is 1.88 bits per heavy atom. The second-order valence-corrected chi connectivity index (χ2v) is 5.51. The Morgan fingerprint density at radius 2 is 1.31 bits per heavy atom. The second kappa shape index (κ2) is 6.96. The highest BCUT2D eigenvalue weighted by Gasteiger charge is 2.14. The van der Waals surface area contributed by atoms with E-state index >= 15 is 0 Å². The largest absolute Gasteiger partial charge is 0.236 e. The quantitative estimate of drug-likeness (QED) is 0.708. The SMILES string of the molecule is c1nc(C2CCCCCCCCC2)ncp1. The highest BCUT2D eigenvalue weighted by Crippen LogP contribution is 2.27. The van der Waals surface area contributed by atoms with Crippen molar-refractivity contribution in [2.24, 2.45) is 0 Å². The van der Waals surface area contributed by atoms with Gasteiger partial charge in [0.05, 0.1) is 11.9 Å². The third-order valence-electron chi connectivity index (χ3n) is 3.48. The first-order valence-electron chi connectivity index (χ1n) is 6.59. The number of hydrogen-bond donors (Lipinski definition) is 0. The topological polar surface area (TPSA) is 25.8 Å². The van der Waals surface area contributed by atoms with Crippen LogP contribution in [0.3, 0.4) is 0 Å². The molecule has 3 heteroatoms. The van der Waals surface area contributed by atoms with E-state index < -0.39 is 0 Å². The van der Waals surface area contributed by atoms with E-state index in [4.69, 9.17) is 0 Å². The lowest BCUT2D eigenvalue weighted by Crippen LogP contribution is -2.04. The van der Waals surface area contributed by atoms with Crippen LogP contribution in [0.5, 0.6) is 0 Å². The second-order valence-electron chi connectivity index (χ2n) is 4.75.